The maximum atomic E-state index is 11.0. The van der Waals surface area contributed by atoms with Gasteiger partial charge in [0, 0.05) is 5.56 Å². The number of amides is 1. The minimum absolute atomic E-state index is 0.290. The Morgan fingerprint density at radius 2 is 2.20 bits per heavy atom. The predicted molar refractivity (Wildman–Crippen MR) is 76.9 cm³/mol. The van der Waals surface area contributed by atoms with E-state index in [0.29, 0.717) is 23.2 Å². The molecule has 5 nitrogen and oxygen atoms in total. The first-order valence-electron chi connectivity index (χ1n) is 6.01. The van der Waals surface area contributed by atoms with Crippen LogP contribution in [0.25, 0.3) is 11.3 Å². The predicted octanol–water partition coefficient (Wildman–Crippen LogP) is 3.68. The molecule has 0 aliphatic carbocycles. The molecule has 0 aliphatic rings. The number of hydrazone groups is 1. The van der Waals surface area contributed by atoms with Crippen molar-refractivity contribution in [1.82, 2.24) is 5.43 Å². The van der Waals surface area contributed by atoms with E-state index in [4.69, 9.17) is 16.0 Å². The molecule has 20 heavy (non-hydrogen) atoms. The average Bonchev–Trinajstić information content (AvgIpc) is 2.88. The Labute approximate surface area is 121 Å². The third-order valence-corrected chi connectivity index (χ3v) is 2.72. The van der Waals surface area contributed by atoms with Gasteiger partial charge in [-0.15, -0.1) is 0 Å². The number of halogens is 1. The number of carbonyl (C=O) groups is 1. The first kappa shape index (κ1) is 14.1. The molecule has 1 aromatic heterocycles. The van der Waals surface area contributed by atoms with E-state index in [1.807, 2.05) is 18.2 Å². The van der Waals surface area contributed by atoms with Crippen LogP contribution in [-0.2, 0) is 4.74 Å². The molecule has 0 saturated carbocycles. The molecule has 1 aromatic carbocycles. The molecule has 0 atom stereocenters. The van der Waals surface area contributed by atoms with Gasteiger partial charge in [0.05, 0.1) is 17.8 Å². The standard InChI is InChI=1S/C14H13ClN2O3/c1-2-19-14(18)17-16-9-10-7-8-13(20-10)11-5-3-4-6-12(11)15/h3-9H,2H2,1H3,(H,17,18). The van der Waals surface area contributed by atoms with Crippen molar-refractivity contribution in [3.8, 4) is 11.3 Å². The number of carbonyl (C=O) groups excluding carboxylic acids is 1. The van der Waals surface area contributed by atoms with E-state index >= 15 is 0 Å². The van der Waals surface area contributed by atoms with E-state index < -0.39 is 6.09 Å². The summed E-state index contributed by atoms with van der Waals surface area (Å²) in [7, 11) is 0. The lowest BCUT2D eigenvalue weighted by Crippen LogP contribution is -2.18. The molecular formula is C14H13ClN2O3. The Hall–Kier alpha value is -2.27. The number of ether oxygens (including phenoxy) is 1. The van der Waals surface area contributed by atoms with Crippen LogP contribution in [0.2, 0.25) is 5.02 Å². The van der Waals surface area contributed by atoms with Crippen molar-refractivity contribution in [2.75, 3.05) is 6.61 Å². The Bertz CT molecular complexity index is 622. The van der Waals surface area contributed by atoms with Gasteiger partial charge in [-0.3, -0.25) is 0 Å². The zero-order chi connectivity index (χ0) is 14.4. The SMILES string of the molecule is CCOC(=O)NN=Cc1ccc(-c2ccccc2Cl)o1. The number of nitrogens with zero attached hydrogens (tertiary/aromatic N) is 1. The van der Waals surface area contributed by atoms with E-state index in [0.717, 1.165) is 5.56 Å². The number of hydrogen-bond donors (Lipinski definition) is 1. The zero-order valence-corrected chi connectivity index (χ0v) is 11.6. The first-order valence-corrected chi connectivity index (χ1v) is 6.39. The van der Waals surface area contributed by atoms with Gasteiger partial charge >= 0.3 is 6.09 Å². The highest BCUT2D eigenvalue weighted by Gasteiger charge is 2.07. The molecule has 1 N–H and O–H groups in total. The summed E-state index contributed by atoms with van der Waals surface area (Å²) in [5.74, 6) is 1.13. The van der Waals surface area contributed by atoms with Crippen LogP contribution in [0.5, 0.6) is 0 Å². The number of rotatable bonds is 4. The van der Waals surface area contributed by atoms with Crippen LogP contribution in [0.4, 0.5) is 4.79 Å². The minimum Gasteiger partial charge on any atom is -0.455 e. The van der Waals surface area contributed by atoms with Crippen LogP contribution in [0.1, 0.15) is 12.7 Å². The molecule has 0 radical (unpaired) electrons. The summed E-state index contributed by atoms with van der Waals surface area (Å²) in [6, 6.07) is 10.9. The summed E-state index contributed by atoms with van der Waals surface area (Å²) in [6.45, 7) is 2.00. The van der Waals surface area contributed by atoms with E-state index in [1.165, 1.54) is 6.21 Å². The molecular weight excluding hydrogens is 280 g/mol. The molecule has 0 aliphatic heterocycles. The summed E-state index contributed by atoms with van der Waals surface area (Å²) in [4.78, 5) is 11.0. The maximum absolute atomic E-state index is 11.0. The fourth-order valence-electron chi connectivity index (χ4n) is 1.54. The molecule has 6 heteroatoms. The Balaban J connectivity index is 2.05. The maximum Gasteiger partial charge on any atom is 0.427 e. The molecule has 0 spiro atoms. The summed E-state index contributed by atoms with van der Waals surface area (Å²) in [5, 5.41) is 4.32. The van der Waals surface area contributed by atoms with Crippen molar-refractivity contribution in [1.29, 1.82) is 0 Å². The molecule has 1 amide bonds. The summed E-state index contributed by atoms with van der Waals surface area (Å²) in [5.41, 5.74) is 3.01. The number of benzene rings is 1. The van der Waals surface area contributed by atoms with Crippen molar-refractivity contribution in [3.05, 3.63) is 47.2 Å². The lowest BCUT2D eigenvalue weighted by molar-refractivity contribution is 0.152. The van der Waals surface area contributed by atoms with Crippen LogP contribution < -0.4 is 5.43 Å². The summed E-state index contributed by atoms with van der Waals surface area (Å²) < 4.78 is 10.2. The van der Waals surface area contributed by atoms with Crippen LogP contribution >= 0.6 is 11.6 Å². The van der Waals surface area contributed by atoms with E-state index in [9.17, 15) is 4.79 Å². The molecule has 104 valence electrons. The smallest absolute Gasteiger partial charge is 0.427 e. The molecule has 0 fully saturated rings. The number of nitrogens with one attached hydrogen (secondary N) is 1. The lowest BCUT2D eigenvalue weighted by Gasteiger charge is -1.99. The van der Waals surface area contributed by atoms with Crippen molar-refractivity contribution in [2.24, 2.45) is 5.10 Å². The van der Waals surface area contributed by atoms with Crippen molar-refractivity contribution in [3.63, 3.8) is 0 Å². The number of furan rings is 1. The van der Waals surface area contributed by atoms with Gasteiger partial charge in [0.15, 0.2) is 0 Å². The van der Waals surface area contributed by atoms with Crippen LogP contribution in [0.15, 0.2) is 45.9 Å². The highest BCUT2D eigenvalue weighted by Crippen LogP contribution is 2.28. The van der Waals surface area contributed by atoms with Gasteiger partial charge in [0.2, 0.25) is 0 Å². The van der Waals surface area contributed by atoms with Crippen molar-refractivity contribution >= 4 is 23.9 Å². The molecule has 0 saturated heterocycles. The molecule has 0 bridgehead atoms. The van der Waals surface area contributed by atoms with E-state index in [2.05, 4.69) is 15.3 Å². The van der Waals surface area contributed by atoms with Crippen LogP contribution in [0.3, 0.4) is 0 Å². The van der Waals surface area contributed by atoms with Crippen LogP contribution in [0, 0.1) is 0 Å². The van der Waals surface area contributed by atoms with Crippen molar-refractivity contribution in [2.45, 2.75) is 6.92 Å². The third kappa shape index (κ3) is 3.61. The fourth-order valence-corrected chi connectivity index (χ4v) is 1.77. The average molecular weight is 293 g/mol. The monoisotopic (exact) mass is 292 g/mol. The van der Waals surface area contributed by atoms with Gasteiger partial charge in [0.1, 0.15) is 11.5 Å². The zero-order valence-electron chi connectivity index (χ0n) is 10.8. The highest BCUT2D eigenvalue weighted by atomic mass is 35.5. The second kappa shape index (κ2) is 6.77. The van der Waals surface area contributed by atoms with Gasteiger partial charge in [-0.05, 0) is 31.2 Å². The van der Waals surface area contributed by atoms with Gasteiger partial charge in [-0.2, -0.15) is 5.10 Å². The normalized spacial score (nSPS) is 10.7. The van der Waals surface area contributed by atoms with Gasteiger partial charge in [-0.1, -0.05) is 23.7 Å². The molecule has 2 aromatic rings. The Morgan fingerprint density at radius 1 is 1.40 bits per heavy atom. The highest BCUT2D eigenvalue weighted by molar-refractivity contribution is 6.33. The summed E-state index contributed by atoms with van der Waals surface area (Å²) >= 11 is 6.08. The minimum atomic E-state index is -0.610. The van der Waals surface area contributed by atoms with Gasteiger partial charge in [-0.25, -0.2) is 10.2 Å². The quantitative estimate of drug-likeness (QED) is 0.690. The second-order valence-electron chi connectivity index (χ2n) is 3.77. The van der Waals surface area contributed by atoms with E-state index in [1.54, 1.807) is 25.1 Å². The summed E-state index contributed by atoms with van der Waals surface area (Å²) in [6.07, 6.45) is 0.777. The first-order chi connectivity index (χ1) is 9.70. The largest absolute Gasteiger partial charge is 0.455 e. The van der Waals surface area contributed by atoms with Crippen molar-refractivity contribution < 1.29 is 13.9 Å². The Kier molecular flexibility index (Phi) is 4.79. The second-order valence-corrected chi connectivity index (χ2v) is 4.18. The molecule has 0 unspecified atom stereocenters. The third-order valence-electron chi connectivity index (χ3n) is 2.39. The van der Waals surface area contributed by atoms with Gasteiger partial charge < -0.3 is 9.15 Å². The lowest BCUT2D eigenvalue weighted by atomic mass is 10.2. The van der Waals surface area contributed by atoms with Gasteiger partial charge in [0.25, 0.3) is 0 Å². The Morgan fingerprint density at radius 3 is 2.95 bits per heavy atom. The molecule has 2 rings (SSSR count). The van der Waals surface area contributed by atoms with Crippen LogP contribution in [-0.4, -0.2) is 18.9 Å². The molecule has 1 heterocycles. The van der Waals surface area contributed by atoms with E-state index in [-0.39, 0.29) is 0 Å². The number of hydrogen-bond acceptors (Lipinski definition) is 4. The topological polar surface area (TPSA) is 63.8 Å². The fraction of sp³-hybridized carbons (Fsp3) is 0.143.